The van der Waals surface area contributed by atoms with Gasteiger partial charge in [-0.3, -0.25) is 4.79 Å². The van der Waals surface area contributed by atoms with Crippen LogP contribution in [0.2, 0.25) is 0 Å². The van der Waals surface area contributed by atoms with E-state index >= 15 is 0 Å². The van der Waals surface area contributed by atoms with Crippen LogP contribution in [0, 0.1) is 0 Å². The van der Waals surface area contributed by atoms with Gasteiger partial charge in [0.2, 0.25) is 0 Å². The van der Waals surface area contributed by atoms with Crippen molar-refractivity contribution in [3.05, 3.63) is 12.2 Å². The second-order valence-electron chi connectivity index (χ2n) is 3.43. The maximum atomic E-state index is 11.2. The molecule has 88 valence electrons. The maximum Gasteiger partial charge on any atom is 0.333 e. The number of esters is 2. The Kier molecular flexibility index (Phi) is 4.04. The van der Waals surface area contributed by atoms with Crippen LogP contribution in [0.4, 0.5) is 0 Å². The van der Waals surface area contributed by atoms with Crippen LogP contribution in [0.15, 0.2) is 12.2 Å². The summed E-state index contributed by atoms with van der Waals surface area (Å²) in [5, 5.41) is 2.40. The van der Waals surface area contributed by atoms with Gasteiger partial charge in [0.25, 0.3) is 5.91 Å². The lowest BCUT2D eigenvalue weighted by Gasteiger charge is -2.08. The topological polar surface area (TPSA) is 81.7 Å². The summed E-state index contributed by atoms with van der Waals surface area (Å²) in [4.78, 5) is 33.2. The quantitative estimate of drug-likeness (QED) is 0.519. The normalized spacial score (nSPS) is 18.8. The molecule has 1 rings (SSSR count). The molecule has 1 fully saturated rings. The number of cyclic esters (lactones) is 1. The summed E-state index contributed by atoms with van der Waals surface area (Å²) in [5.74, 6) is -1.62. The molecule has 0 bridgehead atoms. The van der Waals surface area contributed by atoms with Gasteiger partial charge >= 0.3 is 11.9 Å². The van der Waals surface area contributed by atoms with Crippen LogP contribution in [0.3, 0.4) is 0 Å². The van der Waals surface area contributed by atoms with Crippen LogP contribution >= 0.6 is 0 Å². The highest BCUT2D eigenvalue weighted by Gasteiger charge is 2.27. The van der Waals surface area contributed by atoms with Crippen molar-refractivity contribution in [3.8, 4) is 0 Å². The van der Waals surface area contributed by atoms with Crippen molar-refractivity contribution in [3.63, 3.8) is 0 Å². The molecule has 0 aliphatic carbocycles. The Balaban J connectivity index is 2.28. The average molecular weight is 227 g/mol. The molecular weight excluding hydrogens is 214 g/mol. The lowest BCUT2D eigenvalue weighted by molar-refractivity contribution is -0.146. The molecule has 0 spiro atoms. The predicted octanol–water partition coefficient (Wildman–Crippen LogP) is -0.463. The summed E-state index contributed by atoms with van der Waals surface area (Å²) in [5.41, 5.74) is 0.216. The average Bonchev–Trinajstić information content (AvgIpc) is 2.60. The first kappa shape index (κ1) is 12.2. The van der Waals surface area contributed by atoms with E-state index in [4.69, 9.17) is 0 Å². The SMILES string of the molecule is C=C(C)C(=O)OCC(=O)NC1CCOC1=O. The Labute approximate surface area is 92.6 Å². The monoisotopic (exact) mass is 227 g/mol. The van der Waals surface area contributed by atoms with Crippen LogP contribution in [0.25, 0.3) is 0 Å². The van der Waals surface area contributed by atoms with Crippen molar-refractivity contribution in [2.24, 2.45) is 0 Å². The van der Waals surface area contributed by atoms with Crippen LogP contribution in [-0.4, -0.2) is 37.1 Å². The number of carbonyl (C=O) groups excluding carboxylic acids is 3. The van der Waals surface area contributed by atoms with Crippen LogP contribution in [0.5, 0.6) is 0 Å². The van der Waals surface area contributed by atoms with E-state index < -0.39 is 30.5 Å². The van der Waals surface area contributed by atoms with Gasteiger partial charge in [0, 0.05) is 12.0 Å². The van der Waals surface area contributed by atoms with Gasteiger partial charge in [-0.2, -0.15) is 0 Å². The van der Waals surface area contributed by atoms with Crippen LogP contribution in [-0.2, 0) is 23.9 Å². The van der Waals surface area contributed by atoms with Crippen LogP contribution in [0.1, 0.15) is 13.3 Å². The van der Waals surface area contributed by atoms with E-state index in [0.717, 1.165) is 0 Å². The smallest absolute Gasteiger partial charge is 0.333 e. The number of nitrogens with one attached hydrogen (secondary N) is 1. The molecule has 1 atom stereocenters. The Morgan fingerprint density at radius 1 is 1.62 bits per heavy atom. The fourth-order valence-corrected chi connectivity index (χ4v) is 1.12. The van der Waals surface area contributed by atoms with Gasteiger partial charge in [0.1, 0.15) is 6.04 Å². The van der Waals surface area contributed by atoms with Gasteiger partial charge in [-0.05, 0) is 6.92 Å². The van der Waals surface area contributed by atoms with Crippen molar-refractivity contribution in [1.29, 1.82) is 0 Å². The first-order chi connectivity index (χ1) is 7.50. The number of hydrogen-bond acceptors (Lipinski definition) is 5. The minimum absolute atomic E-state index is 0.216. The fourth-order valence-electron chi connectivity index (χ4n) is 1.12. The third-order valence-corrected chi connectivity index (χ3v) is 1.95. The van der Waals surface area contributed by atoms with E-state index in [9.17, 15) is 14.4 Å². The summed E-state index contributed by atoms with van der Waals surface area (Å²) >= 11 is 0. The summed E-state index contributed by atoms with van der Waals surface area (Å²) < 4.78 is 9.26. The van der Waals surface area contributed by atoms with E-state index in [0.29, 0.717) is 13.0 Å². The zero-order valence-electron chi connectivity index (χ0n) is 8.95. The number of ether oxygens (including phenoxy) is 2. The Bertz CT molecular complexity index is 336. The molecule has 0 aromatic rings. The molecule has 0 aromatic carbocycles. The van der Waals surface area contributed by atoms with Crippen molar-refractivity contribution in [2.75, 3.05) is 13.2 Å². The molecule has 1 aliphatic rings. The number of rotatable bonds is 4. The lowest BCUT2D eigenvalue weighted by atomic mass is 10.2. The second kappa shape index (κ2) is 5.29. The van der Waals surface area contributed by atoms with Gasteiger partial charge in [-0.25, -0.2) is 9.59 Å². The molecule has 1 aliphatic heterocycles. The van der Waals surface area contributed by atoms with Gasteiger partial charge in [-0.1, -0.05) is 6.58 Å². The predicted molar refractivity (Wildman–Crippen MR) is 53.3 cm³/mol. The van der Waals surface area contributed by atoms with Crippen molar-refractivity contribution < 1.29 is 23.9 Å². The largest absolute Gasteiger partial charge is 0.464 e. The molecule has 0 aromatic heterocycles. The van der Waals surface area contributed by atoms with Crippen molar-refractivity contribution in [2.45, 2.75) is 19.4 Å². The molecule has 1 unspecified atom stereocenters. The highest BCUT2D eigenvalue weighted by molar-refractivity contribution is 5.90. The van der Waals surface area contributed by atoms with Gasteiger partial charge in [0.05, 0.1) is 6.61 Å². The molecule has 1 amide bonds. The Morgan fingerprint density at radius 2 is 2.31 bits per heavy atom. The van der Waals surface area contributed by atoms with E-state index in [-0.39, 0.29) is 5.57 Å². The number of carbonyl (C=O) groups is 3. The molecule has 6 nitrogen and oxygen atoms in total. The van der Waals surface area contributed by atoms with Crippen LogP contribution < -0.4 is 5.32 Å². The van der Waals surface area contributed by atoms with E-state index in [2.05, 4.69) is 21.4 Å². The Morgan fingerprint density at radius 3 is 2.81 bits per heavy atom. The maximum absolute atomic E-state index is 11.2. The van der Waals surface area contributed by atoms with Gasteiger partial charge < -0.3 is 14.8 Å². The molecule has 1 N–H and O–H groups in total. The minimum Gasteiger partial charge on any atom is -0.464 e. The summed E-state index contributed by atoms with van der Waals surface area (Å²) in [7, 11) is 0. The van der Waals surface area contributed by atoms with E-state index in [1.165, 1.54) is 6.92 Å². The first-order valence-corrected chi connectivity index (χ1v) is 4.79. The molecule has 1 heterocycles. The summed E-state index contributed by atoms with van der Waals surface area (Å²) in [6, 6.07) is -0.629. The summed E-state index contributed by atoms with van der Waals surface area (Å²) in [6.45, 7) is 4.73. The zero-order valence-corrected chi connectivity index (χ0v) is 8.95. The minimum atomic E-state index is -0.635. The molecular formula is C10H13NO5. The molecule has 0 saturated carbocycles. The van der Waals surface area contributed by atoms with Gasteiger partial charge in [-0.15, -0.1) is 0 Å². The zero-order chi connectivity index (χ0) is 12.1. The molecule has 6 heteroatoms. The molecule has 16 heavy (non-hydrogen) atoms. The van der Waals surface area contributed by atoms with E-state index in [1.807, 2.05) is 0 Å². The highest BCUT2D eigenvalue weighted by atomic mass is 16.5. The van der Waals surface area contributed by atoms with Crippen molar-refractivity contribution in [1.82, 2.24) is 5.32 Å². The highest BCUT2D eigenvalue weighted by Crippen LogP contribution is 2.05. The third-order valence-electron chi connectivity index (χ3n) is 1.95. The first-order valence-electron chi connectivity index (χ1n) is 4.79. The van der Waals surface area contributed by atoms with Crippen molar-refractivity contribution >= 4 is 17.8 Å². The Hall–Kier alpha value is -1.85. The summed E-state index contributed by atoms with van der Waals surface area (Å²) in [6.07, 6.45) is 0.443. The fraction of sp³-hybridized carbons (Fsp3) is 0.500. The van der Waals surface area contributed by atoms with E-state index in [1.54, 1.807) is 0 Å². The molecule has 0 radical (unpaired) electrons. The number of hydrogen-bond donors (Lipinski definition) is 1. The standard InChI is InChI=1S/C10H13NO5/c1-6(2)9(13)16-5-8(12)11-7-3-4-15-10(7)14/h7H,1,3-5H2,2H3,(H,11,12). The lowest BCUT2D eigenvalue weighted by Crippen LogP contribution is -2.40. The van der Waals surface area contributed by atoms with Gasteiger partial charge in [0.15, 0.2) is 6.61 Å². The second-order valence-corrected chi connectivity index (χ2v) is 3.43. The number of amides is 1. The third kappa shape index (κ3) is 3.38. The molecule has 1 saturated heterocycles.